The zero-order valence-electron chi connectivity index (χ0n) is 30.2. The maximum Gasteiger partial charge on any atom is 0.361 e. The second-order valence-corrected chi connectivity index (χ2v) is 14.3. The average Bonchev–Trinajstić information content (AvgIpc) is 3.57. The van der Waals surface area contributed by atoms with Crippen LogP contribution in [0.5, 0.6) is 17.2 Å². The van der Waals surface area contributed by atoms with E-state index in [2.05, 4.69) is 39.6 Å². The molecular formula is C37H49BN5O8PS. The Morgan fingerprint density at radius 2 is 1.62 bits per heavy atom. The number of anilines is 1. The van der Waals surface area contributed by atoms with Crippen LogP contribution in [0.4, 0.5) is 10.5 Å². The molecule has 0 aromatic heterocycles. The molecule has 4 rings (SSSR count). The van der Waals surface area contributed by atoms with Crippen LogP contribution >= 0.6 is 21.4 Å². The van der Waals surface area contributed by atoms with Crippen molar-refractivity contribution in [1.82, 2.24) is 20.5 Å². The highest BCUT2D eigenvalue weighted by atomic mass is 32.1. The molecule has 1 aliphatic rings. The molecule has 1 aliphatic heterocycles. The molecule has 4 amide bonds. The van der Waals surface area contributed by atoms with Gasteiger partial charge in [0, 0.05) is 44.9 Å². The Kier molecular flexibility index (Phi) is 17.2. The summed E-state index contributed by atoms with van der Waals surface area (Å²) in [6.07, 6.45) is 5.41. The van der Waals surface area contributed by atoms with E-state index in [1.807, 2.05) is 36.4 Å². The molecule has 0 radical (unpaired) electrons. The SMILES string of the molecule is COc1ccc(CCCc2cccc(OCC(=O)NCCCCCNC(=O)c3cccc(NC(=O)[C@@H]4C[C@H](S)CN4C(=O)PNBO)c3)c2)cc1OC. The molecule has 0 aliphatic carbocycles. The molecule has 53 heavy (non-hydrogen) atoms. The van der Waals surface area contributed by atoms with Crippen LogP contribution in [-0.4, -0.2) is 92.7 Å². The molecule has 5 N–H and O–H groups in total. The maximum absolute atomic E-state index is 13.0. The summed E-state index contributed by atoms with van der Waals surface area (Å²) in [5, 5.41) is 17.4. The van der Waals surface area contributed by atoms with Gasteiger partial charge in [0.15, 0.2) is 18.1 Å². The van der Waals surface area contributed by atoms with E-state index < -0.39 is 6.04 Å². The van der Waals surface area contributed by atoms with Gasteiger partial charge in [0.1, 0.15) is 11.8 Å². The Balaban J connectivity index is 1.08. The predicted octanol–water partition coefficient (Wildman–Crippen LogP) is 3.85. The van der Waals surface area contributed by atoms with Crippen molar-refractivity contribution in [2.24, 2.45) is 0 Å². The monoisotopic (exact) mass is 765 g/mol. The highest BCUT2D eigenvalue weighted by molar-refractivity contribution is 7.81. The van der Waals surface area contributed by atoms with Gasteiger partial charge < -0.3 is 45.1 Å². The number of unbranched alkanes of at least 4 members (excludes halogenated alkanes) is 2. The lowest BCUT2D eigenvalue weighted by atomic mass is 10.0. The third-order valence-electron chi connectivity index (χ3n) is 8.62. The van der Waals surface area contributed by atoms with Gasteiger partial charge in [0.05, 0.1) is 14.2 Å². The highest BCUT2D eigenvalue weighted by Crippen LogP contribution is 2.29. The molecule has 1 saturated heterocycles. The maximum atomic E-state index is 13.0. The van der Waals surface area contributed by atoms with Crippen molar-refractivity contribution in [3.05, 3.63) is 83.4 Å². The van der Waals surface area contributed by atoms with Crippen molar-refractivity contribution in [3.63, 3.8) is 0 Å². The zero-order chi connectivity index (χ0) is 38.0. The second kappa shape index (κ2) is 22.0. The lowest BCUT2D eigenvalue weighted by molar-refractivity contribution is -0.123. The van der Waals surface area contributed by atoms with Gasteiger partial charge in [-0.15, -0.1) is 0 Å². The van der Waals surface area contributed by atoms with Crippen molar-refractivity contribution in [2.45, 2.75) is 56.2 Å². The molecular weight excluding hydrogens is 716 g/mol. The Hall–Kier alpha value is -4.30. The fraction of sp³-hybridized carbons (Fsp3) is 0.405. The van der Waals surface area contributed by atoms with Crippen LogP contribution < -0.4 is 35.2 Å². The largest absolute Gasteiger partial charge is 0.493 e. The molecule has 0 saturated carbocycles. The van der Waals surface area contributed by atoms with Gasteiger partial charge in [-0.3, -0.25) is 19.2 Å². The van der Waals surface area contributed by atoms with Crippen molar-refractivity contribution in [3.8, 4) is 17.2 Å². The summed E-state index contributed by atoms with van der Waals surface area (Å²) in [4.78, 5) is 54.7. The minimum absolute atomic E-state index is 0.0696. The van der Waals surface area contributed by atoms with Gasteiger partial charge in [-0.2, -0.15) is 12.6 Å². The number of hydrogen-bond acceptors (Lipinski definition) is 10. The van der Waals surface area contributed by atoms with E-state index in [1.54, 1.807) is 38.5 Å². The summed E-state index contributed by atoms with van der Waals surface area (Å²) < 4.78 is 16.4. The topological polar surface area (TPSA) is 168 Å². The van der Waals surface area contributed by atoms with E-state index in [0.717, 1.165) is 49.8 Å². The van der Waals surface area contributed by atoms with Crippen LogP contribution in [0.25, 0.3) is 0 Å². The molecule has 3 aromatic rings. The van der Waals surface area contributed by atoms with Crippen LogP contribution in [0.2, 0.25) is 0 Å². The first-order valence-electron chi connectivity index (χ1n) is 17.7. The number of amides is 4. The number of rotatable bonds is 21. The van der Waals surface area contributed by atoms with Gasteiger partial charge >= 0.3 is 7.62 Å². The number of nitrogens with zero attached hydrogens (tertiary/aromatic N) is 1. The first-order chi connectivity index (χ1) is 25.7. The molecule has 13 nitrogen and oxygen atoms in total. The number of methoxy groups -OCH3 is 2. The third kappa shape index (κ3) is 13.6. The van der Waals surface area contributed by atoms with E-state index in [1.165, 1.54) is 10.5 Å². The summed E-state index contributed by atoms with van der Waals surface area (Å²) in [5.41, 5.74) is 2.89. The highest BCUT2D eigenvalue weighted by Gasteiger charge is 2.38. The number of likely N-dealkylation sites (tertiary alicyclic amines) is 1. The number of ether oxygens (including phenoxy) is 3. The standard InChI is InChI=1S/C37H49BN5O8PS/c1-49-32-16-15-26(20-33(32)50-2)10-6-9-25-11-7-14-29(19-25)51-24-34(44)39-17-4-3-5-18-40-35(45)27-12-8-13-28(21-27)41-36(46)31-22-30(53)23-43(31)37(47)52-42-38-48/h7-8,11-16,19-21,30-31,38,42,48,52-53H,3-6,9-10,17-18,22-24H2,1-2H3,(H,39,44)(H,40,45)(H,41,46)/t30-,31-/m0/s1. The average molecular weight is 766 g/mol. The normalized spacial score (nSPS) is 15.2. The Labute approximate surface area is 318 Å². The first-order valence-corrected chi connectivity index (χ1v) is 19.2. The number of aryl methyl sites for hydroxylation is 2. The quantitative estimate of drug-likeness (QED) is 0.0409. The Morgan fingerprint density at radius 1 is 0.887 bits per heavy atom. The molecule has 0 bridgehead atoms. The molecule has 1 fully saturated rings. The van der Waals surface area contributed by atoms with Gasteiger partial charge in [0.25, 0.3) is 17.5 Å². The lowest BCUT2D eigenvalue weighted by Gasteiger charge is -2.23. The lowest BCUT2D eigenvalue weighted by Crippen LogP contribution is -2.42. The van der Waals surface area contributed by atoms with E-state index in [4.69, 9.17) is 19.2 Å². The predicted molar refractivity (Wildman–Crippen MR) is 212 cm³/mol. The summed E-state index contributed by atoms with van der Waals surface area (Å²) in [7, 11) is 2.58. The van der Waals surface area contributed by atoms with Gasteiger partial charge in [-0.1, -0.05) is 24.3 Å². The molecule has 1 unspecified atom stereocenters. The summed E-state index contributed by atoms with van der Waals surface area (Å²) in [6, 6.07) is 19.7. The fourth-order valence-electron chi connectivity index (χ4n) is 5.92. The van der Waals surface area contributed by atoms with Crippen LogP contribution in [0.1, 0.15) is 53.6 Å². The van der Waals surface area contributed by atoms with Crippen LogP contribution in [-0.2, 0) is 22.4 Å². The summed E-state index contributed by atoms with van der Waals surface area (Å²) >= 11 is 4.45. The minimum atomic E-state index is -0.691. The summed E-state index contributed by atoms with van der Waals surface area (Å²) in [5.74, 6) is 1.27. The first kappa shape index (κ1) is 41.5. The molecule has 3 atom stereocenters. The van der Waals surface area contributed by atoms with Crippen LogP contribution in [0.3, 0.4) is 0 Å². The van der Waals surface area contributed by atoms with Crippen molar-refractivity contribution >= 4 is 58.0 Å². The molecule has 16 heteroatoms. The molecule has 3 aromatic carbocycles. The third-order valence-corrected chi connectivity index (χ3v) is 9.83. The Morgan fingerprint density at radius 3 is 2.38 bits per heavy atom. The number of benzene rings is 3. The van der Waals surface area contributed by atoms with E-state index >= 15 is 0 Å². The molecule has 0 spiro atoms. The number of carbonyl (C=O) groups excluding carboxylic acids is 4. The van der Waals surface area contributed by atoms with Gasteiger partial charge in [-0.05, 0) is 98.5 Å². The number of hydrogen-bond donors (Lipinski definition) is 6. The summed E-state index contributed by atoms with van der Waals surface area (Å²) in [6.45, 7) is 1.23. The zero-order valence-corrected chi connectivity index (χ0v) is 32.1. The number of thiol groups is 1. The van der Waals surface area contributed by atoms with Gasteiger partial charge in [0.2, 0.25) is 5.91 Å². The minimum Gasteiger partial charge on any atom is -0.493 e. The smallest absolute Gasteiger partial charge is 0.361 e. The van der Waals surface area contributed by atoms with E-state index in [9.17, 15) is 19.2 Å². The fourth-order valence-corrected chi connectivity index (χ4v) is 6.92. The van der Waals surface area contributed by atoms with Crippen molar-refractivity contribution < 1.29 is 38.4 Å². The molecule has 1 heterocycles. The van der Waals surface area contributed by atoms with Gasteiger partial charge in [-0.25, -0.2) is 0 Å². The van der Waals surface area contributed by atoms with Crippen molar-refractivity contribution in [2.75, 3.05) is 45.8 Å². The second-order valence-electron chi connectivity index (χ2n) is 12.5. The Bertz CT molecular complexity index is 1690. The van der Waals surface area contributed by atoms with E-state index in [-0.39, 0.29) is 51.6 Å². The molecule has 284 valence electrons. The number of nitrogens with one attached hydrogen (secondary N) is 4. The van der Waals surface area contributed by atoms with Crippen molar-refractivity contribution in [1.29, 1.82) is 0 Å². The van der Waals surface area contributed by atoms with Crippen LogP contribution in [0, 0.1) is 0 Å². The van der Waals surface area contributed by atoms with E-state index in [0.29, 0.717) is 48.8 Å². The van der Waals surface area contributed by atoms with Crippen LogP contribution in [0.15, 0.2) is 66.7 Å². The number of carbonyl (C=O) groups is 4.